The highest BCUT2D eigenvalue weighted by molar-refractivity contribution is 6.32. The summed E-state index contributed by atoms with van der Waals surface area (Å²) in [5.74, 6) is 2.33. The Morgan fingerprint density at radius 2 is 1.61 bits per heavy atom. The van der Waals surface area contributed by atoms with Crippen molar-refractivity contribution in [3.63, 3.8) is 0 Å². The summed E-state index contributed by atoms with van der Waals surface area (Å²) in [6, 6.07) is 19.9. The van der Waals surface area contributed by atoms with Gasteiger partial charge in [-0.2, -0.15) is 0 Å². The summed E-state index contributed by atoms with van der Waals surface area (Å²) in [7, 11) is 3.29. The van der Waals surface area contributed by atoms with E-state index in [2.05, 4.69) is 68.0 Å². The molecule has 0 radical (unpaired) electrons. The number of aryl methyl sites for hydroxylation is 1. The number of benzene rings is 3. The monoisotopic (exact) mass is 913 g/mol. The number of nitrogens with one attached hydrogen (secondary N) is 1. The molecular formula is C51H60ClN9O5. The number of hydrogen-bond donors (Lipinski definition) is 1. The molecule has 14 nitrogen and oxygen atoms in total. The summed E-state index contributed by atoms with van der Waals surface area (Å²) in [6.45, 7) is 19.7. The molecule has 1 unspecified atom stereocenters. The topological polar surface area (TPSA) is 131 Å². The molecule has 4 fully saturated rings. The number of methoxy groups -OCH3 is 1. The molecule has 5 aromatic rings. The summed E-state index contributed by atoms with van der Waals surface area (Å²) in [6.07, 6.45) is 9.26. The van der Waals surface area contributed by atoms with Crippen LogP contribution in [0.15, 0.2) is 71.7 Å². The Bertz CT molecular complexity index is 2680. The van der Waals surface area contributed by atoms with Gasteiger partial charge in [0.1, 0.15) is 24.1 Å². The molecule has 0 spiro atoms. The molecule has 1 N–H and O–H groups in total. The third-order valence-corrected chi connectivity index (χ3v) is 15.1. The lowest BCUT2D eigenvalue weighted by Crippen LogP contribution is -2.49. The van der Waals surface area contributed by atoms with Gasteiger partial charge in [0.25, 0.3) is 0 Å². The number of anilines is 1. The Morgan fingerprint density at radius 1 is 0.864 bits per heavy atom. The second kappa shape index (κ2) is 19.2. The number of nitrogens with zero attached hydrogens (tertiary/aromatic N) is 8. The maximum atomic E-state index is 13.3. The molecule has 1 atom stereocenters. The van der Waals surface area contributed by atoms with Gasteiger partial charge in [-0.3, -0.25) is 24.0 Å². The second-order valence-electron chi connectivity index (χ2n) is 19.1. The van der Waals surface area contributed by atoms with Crippen LogP contribution in [0.1, 0.15) is 99.6 Å². The predicted octanol–water partition coefficient (Wildman–Crippen LogP) is 7.79. The van der Waals surface area contributed by atoms with Crippen molar-refractivity contribution in [3.8, 4) is 11.5 Å². The number of rotatable bonds is 12. The summed E-state index contributed by atoms with van der Waals surface area (Å²) in [5, 5.41) is 2.82. The van der Waals surface area contributed by atoms with E-state index in [1.807, 2.05) is 42.6 Å². The second-order valence-corrected chi connectivity index (χ2v) is 19.5. The summed E-state index contributed by atoms with van der Waals surface area (Å²) in [4.78, 5) is 58.6. The van der Waals surface area contributed by atoms with Crippen LogP contribution >= 0.6 is 11.6 Å². The molecule has 346 valence electrons. The number of carbonyl (C=O) groups is 2. The van der Waals surface area contributed by atoms with E-state index in [0.29, 0.717) is 47.4 Å². The van der Waals surface area contributed by atoms with Gasteiger partial charge in [0.05, 0.1) is 35.4 Å². The van der Waals surface area contributed by atoms with Crippen LogP contribution in [-0.2, 0) is 28.7 Å². The first-order valence-electron chi connectivity index (χ1n) is 23.5. The van der Waals surface area contributed by atoms with Crippen molar-refractivity contribution in [1.29, 1.82) is 0 Å². The number of aromatic nitrogens is 4. The number of imide groups is 1. The minimum Gasteiger partial charge on any atom is -0.506 e. The molecule has 2 amide bonds. The van der Waals surface area contributed by atoms with Crippen molar-refractivity contribution in [2.75, 3.05) is 57.8 Å². The highest BCUT2D eigenvalue weighted by Crippen LogP contribution is 2.42. The van der Waals surface area contributed by atoms with Gasteiger partial charge in [-0.15, -0.1) is 0 Å². The molecule has 0 saturated carbocycles. The van der Waals surface area contributed by atoms with Crippen molar-refractivity contribution >= 4 is 46.1 Å². The van der Waals surface area contributed by atoms with Crippen LogP contribution in [-0.4, -0.2) is 99.7 Å². The Balaban J connectivity index is 0.708. The maximum Gasteiger partial charge on any atom is 0.329 e. The minimum atomic E-state index is -0.668. The minimum absolute atomic E-state index is 0.222. The first-order valence-corrected chi connectivity index (χ1v) is 23.8. The first kappa shape index (κ1) is 45.4. The SMILES string of the molecule is [C-]#[N+]c1cc(C(C)(C)c2ccc(OCc3ccnc(N4CCC(CN5CCC(N6CCC(c7ccc8c(c7)n(C)c(=O)n8C7CCC(=O)NC7=O)CC6)CC5)CC4)n3)cc2)cc(Cl)c1OC. The third-order valence-electron chi connectivity index (χ3n) is 14.9. The van der Waals surface area contributed by atoms with Gasteiger partial charge in [0, 0.05) is 50.8 Å². The van der Waals surface area contributed by atoms with Crippen LogP contribution in [0, 0.1) is 12.5 Å². The van der Waals surface area contributed by atoms with Crippen molar-refractivity contribution < 1.29 is 19.1 Å². The Morgan fingerprint density at radius 3 is 2.30 bits per heavy atom. The van der Waals surface area contributed by atoms with Gasteiger partial charge in [0.2, 0.25) is 23.5 Å². The van der Waals surface area contributed by atoms with E-state index in [1.54, 1.807) is 16.2 Å². The lowest BCUT2D eigenvalue weighted by molar-refractivity contribution is -0.135. The van der Waals surface area contributed by atoms with Crippen molar-refractivity contribution in [1.82, 2.24) is 34.2 Å². The zero-order valence-electron chi connectivity index (χ0n) is 38.5. The van der Waals surface area contributed by atoms with Gasteiger partial charge in [-0.05, 0) is 142 Å². The molecular weight excluding hydrogens is 854 g/mol. The molecule has 15 heteroatoms. The molecule has 4 saturated heterocycles. The van der Waals surface area contributed by atoms with E-state index in [-0.39, 0.29) is 18.0 Å². The number of hydrogen-bond acceptors (Lipinski definition) is 10. The van der Waals surface area contributed by atoms with Gasteiger partial charge in [0.15, 0.2) is 0 Å². The van der Waals surface area contributed by atoms with Crippen LogP contribution in [0.3, 0.4) is 0 Å². The van der Waals surface area contributed by atoms with Gasteiger partial charge < -0.3 is 24.2 Å². The molecule has 2 aromatic heterocycles. The van der Waals surface area contributed by atoms with E-state index >= 15 is 0 Å². The molecule has 9 rings (SSSR count). The Kier molecular flexibility index (Phi) is 13.2. The smallest absolute Gasteiger partial charge is 0.329 e. The number of fused-ring (bicyclic) bond motifs is 1. The number of ether oxygens (including phenoxy) is 2. The summed E-state index contributed by atoms with van der Waals surface area (Å²) in [5.41, 5.74) is 5.46. The lowest BCUT2D eigenvalue weighted by atomic mass is 9.78. The summed E-state index contributed by atoms with van der Waals surface area (Å²) < 4.78 is 14.7. The van der Waals surface area contributed by atoms with Crippen LogP contribution in [0.25, 0.3) is 15.9 Å². The van der Waals surface area contributed by atoms with Gasteiger partial charge >= 0.3 is 5.69 Å². The maximum absolute atomic E-state index is 13.3. The first-order chi connectivity index (χ1) is 31.9. The summed E-state index contributed by atoms with van der Waals surface area (Å²) >= 11 is 6.48. The van der Waals surface area contributed by atoms with E-state index < -0.39 is 17.4 Å². The lowest BCUT2D eigenvalue weighted by Gasteiger charge is -2.43. The largest absolute Gasteiger partial charge is 0.506 e. The fourth-order valence-corrected chi connectivity index (χ4v) is 11.0. The molecule has 3 aromatic carbocycles. The van der Waals surface area contributed by atoms with Crippen LogP contribution < -0.4 is 25.4 Å². The molecule has 0 bridgehead atoms. The average molecular weight is 915 g/mol. The number of halogens is 1. The number of likely N-dealkylation sites (tertiary alicyclic amines) is 2. The van der Waals surface area contributed by atoms with Gasteiger partial charge in [-0.1, -0.05) is 43.6 Å². The molecule has 0 aliphatic carbocycles. The molecule has 66 heavy (non-hydrogen) atoms. The van der Waals surface area contributed by atoms with Gasteiger partial charge in [-0.25, -0.2) is 19.6 Å². The predicted molar refractivity (Wildman–Crippen MR) is 256 cm³/mol. The van der Waals surface area contributed by atoms with Crippen LogP contribution in [0.5, 0.6) is 11.5 Å². The van der Waals surface area contributed by atoms with E-state index in [1.165, 1.54) is 25.5 Å². The third kappa shape index (κ3) is 9.30. The van der Waals surface area contributed by atoms with Crippen molar-refractivity contribution in [2.24, 2.45) is 13.0 Å². The fourth-order valence-electron chi connectivity index (χ4n) is 10.7. The zero-order valence-corrected chi connectivity index (χ0v) is 39.2. The normalized spacial score (nSPS) is 19.8. The quantitative estimate of drug-likeness (QED) is 0.0979. The molecule has 4 aliphatic rings. The fraction of sp³-hybridized carbons (Fsp3) is 0.490. The number of imidazole rings is 1. The molecule has 4 aliphatic heterocycles. The van der Waals surface area contributed by atoms with E-state index in [9.17, 15) is 14.4 Å². The average Bonchev–Trinajstić information content (AvgIpc) is 3.58. The van der Waals surface area contributed by atoms with Crippen LogP contribution in [0.2, 0.25) is 5.02 Å². The van der Waals surface area contributed by atoms with E-state index in [4.69, 9.17) is 32.6 Å². The zero-order chi connectivity index (χ0) is 46.1. The number of amides is 2. The van der Waals surface area contributed by atoms with Crippen molar-refractivity contribution in [3.05, 3.63) is 116 Å². The highest BCUT2D eigenvalue weighted by atomic mass is 35.5. The highest BCUT2D eigenvalue weighted by Gasteiger charge is 2.34. The van der Waals surface area contributed by atoms with Crippen molar-refractivity contribution in [2.45, 2.75) is 95.2 Å². The van der Waals surface area contributed by atoms with E-state index in [0.717, 1.165) is 111 Å². The Labute approximate surface area is 391 Å². The van der Waals surface area contributed by atoms with Crippen LogP contribution in [0.4, 0.5) is 11.6 Å². The number of carbonyl (C=O) groups excluding carboxylic acids is 2. The number of piperidine rings is 4. The Hall–Kier alpha value is -5.75. The molecule has 6 heterocycles. The standard InChI is InChI=1S/C51H60ClN9O5/c1-51(2,37-29-41(52)47(65-5)42(30-37)53-3)36-7-9-40(10-8-36)66-32-38-14-21-54-49(55-38)60-24-15-33(16-25-60)31-58-22-19-39(20-23-58)59-26-17-34(18-27-59)35-6-11-43-45(28-35)57(4)50(64)61(43)44-12-13-46(62)56-48(44)63/h6-11,14,21,28-30,33-34,39,44H,12-13,15-20,22-27,31-32H2,1-2,4-5H3,(H,56,62,63).